The summed E-state index contributed by atoms with van der Waals surface area (Å²) in [4.78, 5) is 4.20. The van der Waals surface area contributed by atoms with Crippen molar-refractivity contribution in [2.45, 2.75) is 32.1 Å². The number of hydrogen-bond donors (Lipinski definition) is 0. The SMILES string of the molecule is Clc1ncc(Br)c2c1CC1=C2CCCC1. The predicted molar refractivity (Wildman–Crippen MR) is 66.0 cm³/mol. The van der Waals surface area contributed by atoms with Crippen molar-refractivity contribution in [2.75, 3.05) is 0 Å². The molecule has 1 heterocycles. The fraction of sp³-hybridized carbons (Fsp3) is 0.417. The summed E-state index contributed by atoms with van der Waals surface area (Å²) in [5.41, 5.74) is 5.70. The van der Waals surface area contributed by atoms with E-state index in [-0.39, 0.29) is 0 Å². The second-order valence-corrected chi connectivity index (χ2v) is 5.43. The molecule has 0 saturated heterocycles. The van der Waals surface area contributed by atoms with E-state index < -0.39 is 0 Å². The summed E-state index contributed by atoms with van der Waals surface area (Å²) < 4.78 is 1.11. The van der Waals surface area contributed by atoms with Crippen LogP contribution in [0.2, 0.25) is 5.15 Å². The van der Waals surface area contributed by atoms with Crippen LogP contribution in [0.1, 0.15) is 36.8 Å². The van der Waals surface area contributed by atoms with E-state index in [1.165, 1.54) is 42.4 Å². The molecule has 0 radical (unpaired) electrons. The molecule has 1 aromatic rings. The number of halogens is 2. The van der Waals surface area contributed by atoms with E-state index in [1.54, 1.807) is 5.57 Å². The van der Waals surface area contributed by atoms with Crippen LogP contribution >= 0.6 is 27.5 Å². The summed E-state index contributed by atoms with van der Waals surface area (Å²) in [5.74, 6) is 0. The number of aromatic nitrogens is 1. The number of pyridine rings is 1. The second-order valence-electron chi connectivity index (χ2n) is 4.22. The van der Waals surface area contributed by atoms with Crippen LogP contribution in [0.4, 0.5) is 0 Å². The molecule has 0 aromatic carbocycles. The van der Waals surface area contributed by atoms with Crippen molar-refractivity contribution in [1.82, 2.24) is 4.98 Å². The van der Waals surface area contributed by atoms with Crippen molar-refractivity contribution in [2.24, 2.45) is 0 Å². The second kappa shape index (κ2) is 3.60. The predicted octanol–water partition coefficient (Wildman–Crippen LogP) is 4.38. The van der Waals surface area contributed by atoms with Gasteiger partial charge in [0.15, 0.2) is 0 Å². The average molecular weight is 285 g/mol. The molecule has 78 valence electrons. The van der Waals surface area contributed by atoms with Gasteiger partial charge in [-0.1, -0.05) is 17.2 Å². The van der Waals surface area contributed by atoms with Crippen LogP contribution in [0.3, 0.4) is 0 Å². The Bertz CT molecular complexity index is 465. The lowest BCUT2D eigenvalue weighted by molar-refractivity contribution is 0.711. The molecule has 0 amide bonds. The summed E-state index contributed by atoms with van der Waals surface area (Å²) in [5, 5.41) is 0.683. The van der Waals surface area contributed by atoms with Gasteiger partial charge in [0.25, 0.3) is 0 Å². The van der Waals surface area contributed by atoms with Gasteiger partial charge in [0.05, 0.1) is 0 Å². The van der Waals surface area contributed by atoms with Crippen LogP contribution in [-0.2, 0) is 6.42 Å². The molecule has 0 saturated carbocycles. The third kappa shape index (κ3) is 1.46. The molecule has 0 fully saturated rings. The van der Waals surface area contributed by atoms with Crippen LogP contribution < -0.4 is 0 Å². The van der Waals surface area contributed by atoms with Crippen LogP contribution in [-0.4, -0.2) is 4.98 Å². The molecule has 0 N–H and O–H groups in total. The Kier molecular flexibility index (Phi) is 2.37. The van der Waals surface area contributed by atoms with E-state index in [4.69, 9.17) is 11.6 Å². The van der Waals surface area contributed by atoms with Crippen molar-refractivity contribution in [3.63, 3.8) is 0 Å². The van der Waals surface area contributed by atoms with Gasteiger partial charge < -0.3 is 0 Å². The van der Waals surface area contributed by atoms with Gasteiger partial charge in [-0.15, -0.1) is 0 Å². The van der Waals surface area contributed by atoms with E-state index in [0.29, 0.717) is 5.15 Å². The fourth-order valence-electron chi connectivity index (χ4n) is 2.67. The lowest BCUT2D eigenvalue weighted by Gasteiger charge is -2.14. The van der Waals surface area contributed by atoms with Gasteiger partial charge in [-0.3, -0.25) is 0 Å². The van der Waals surface area contributed by atoms with Crippen LogP contribution in [0.5, 0.6) is 0 Å². The standard InChI is InChI=1S/C12H11BrClN/c13-10-6-15-12(14)9-5-7-3-1-2-4-8(7)11(9)10/h6H,1-5H2. The number of allylic oxidation sites excluding steroid dienone is 2. The third-order valence-corrected chi connectivity index (χ3v) is 4.28. The Morgan fingerprint density at radius 2 is 2.07 bits per heavy atom. The molecular formula is C12H11BrClN. The summed E-state index contributed by atoms with van der Waals surface area (Å²) in [6, 6.07) is 0. The molecule has 2 aliphatic rings. The average Bonchev–Trinajstić information content (AvgIpc) is 2.64. The van der Waals surface area contributed by atoms with Gasteiger partial charge in [0.2, 0.25) is 0 Å². The summed E-state index contributed by atoms with van der Waals surface area (Å²) in [7, 11) is 0. The van der Waals surface area contributed by atoms with E-state index in [2.05, 4.69) is 20.9 Å². The molecule has 0 unspecified atom stereocenters. The molecule has 0 aliphatic heterocycles. The van der Waals surface area contributed by atoms with Gasteiger partial charge in [-0.05, 0) is 59.2 Å². The van der Waals surface area contributed by atoms with Crippen molar-refractivity contribution >= 4 is 33.1 Å². The van der Waals surface area contributed by atoms with Crippen molar-refractivity contribution in [3.05, 3.63) is 32.5 Å². The van der Waals surface area contributed by atoms with E-state index in [0.717, 1.165) is 10.9 Å². The van der Waals surface area contributed by atoms with Gasteiger partial charge in [0.1, 0.15) is 5.15 Å². The molecule has 1 aromatic heterocycles. The number of hydrogen-bond acceptors (Lipinski definition) is 1. The Morgan fingerprint density at radius 3 is 2.93 bits per heavy atom. The quantitative estimate of drug-likeness (QED) is 0.644. The smallest absolute Gasteiger partial charge is 0.133 e. The number of rotatable bonds is 0. The lowest BCUT2D eigenvalue weighted by Crippen LogP contribution is -1.94. The zero-order valence-corrected chi connectivity index (χ0v) is 10.7. The van der Waals surface area contributed by atoms with E-state index in [9.17, 15) is 0 Å². The molecular weight excluding hydrogens is 273 g/mol. The number of nitrogens with zero attached hydrogens (tertiary/aromatic N) is 1. The first-order chi connectivity index (χ1) is 7.27. The molecule has 3 heteroatoms. The molecule has 1 nitrogen and oxygen atoms in total. The first kappa shape index (κ1) is 9.86. The molecule has 3 rings (SSSR count). The fourth-order valence-corrected chi connectivity index (χ4v) is 3.46. The summed E-state index contributed by atoms with van der Waals surface area (Å²) in [6.07, 6.45) is 7.94. The van der Waals surface area contributed by atoms with Crippen LogP contribution in [0.15, 0.2) is 16.2 Å². The first-order valence-corrected chi connectivity index (χ1v) is 6.48. The minimum Gasteiger partial charge on any atom is -0.243 e. The molecule has 2 aliphatic carbocycles. The highest BCUT2D eigenvalue weighted by molar-refractivity contribution is 9.10. The Hall–Kier alpha value is -0.340. The maximum atomic E-state index is 6.15. The normalized spacial score (nSPS) is 19.1. The summed E-state index contributed by atoms with van der Waals surface area (Å²) >= 11 is 9.74. The third-order valence-electron chi connectivity index (χ3n) is 3.35. The lowest BCUT2D eigenvalue weighted by atomic mass is 9.92. The molecule has 15 heavy (non-hydrogen) atoms. The van der Waals surface area contributed by atoms with Gasteiger partial charge in [0, 0.05) is 16.2 Å². The van der Waals surface area contributed by atoms with E-state index in [1.807, 2.05) is 6.20 Å². The van der Waals surface area contributed by atoms with Crippen molar-refractivity contribution < 1.29 is 0 Å². The maximum absolute atomic E-state index is 6.15. The minimum atomic E-state index is 0.683. The number of fused-ring (bicyclic) bond motifs is 2. The van der Waals surface area contributed by atoms with Crippen molar-refractivity contribution in [1.29, 1.82) is 0 Å². The highest BCUT2D eigenvalue weighted by Gasteiger charge is 2.27. The van der Waals surface area contributed by atoms with Crippen molar-refractivity contribution in [3.8, 4) is 0 Å². The topological polar surface area (TPSA) is 12.9 Å². The largest absolute Gasteiger partial charge is 0.243 e. The van der Waals surface area contributed by atoms with Crippen LogP contribution in [0, 0.1) is 0 Å². The summed E-state index contributed by atoms with van der Waals surface area (Å²) in [6.45, 7) is 0. The van der Waals surface area contributed by atoms with Gasteiger partial charge in [-0.2, -0.15) is 0 Å². The highest BCUT2D eigenvalue weighted by Crippen LogP contribution is 2.45. The Balaban J connectivity index is 2.20. The molecule has 0 spiro atoms. The van der Waals surface area contributed by atoms with Gasteiger partial charge in [-0.25, -0.2) is 4.98 Å². The highest BCUT2D eigenvalue weighted by atomic mass is 79.9. The minimum absolute atomic E-state index is 0.683. The molecule has 0 atom stereocenters. The monoisotopic (exact) mass is 283 g/mol. The first-order valence-electron chi connectivity index (χ1n) is 5.31. The van der Waals surface area contributed by atoms with E-state index >= 15 is 0 Å². The Labute approximate surface area is 103 Å². The molecule has 0 bridgehead atoms. The zero-order valence-electron chi connectivity index (χ0n) is 8.32. The maximum Gasteiger partial charge on any atom is 0.133 e. The van der Waals surface area contributed by atoms with Crippen LogP contribution in [0.25, 0.3) is 5.57 Å². The van der Waals surface area contributed by atoms with Gasteiger partial charge >= 0.3 is 0 Å². The zero-order chi connectivity index (χ0) is 10.4. The Morgan fingerprint density at radius 1 is 1.27 bits per heavy atom.